The molecule has 0 spiro atoms. The molecule has 0 aliphatic heterocycles. The van der Waals surface area contributed by atoms with Gasteiger partial charge in [0.05, 0.1) is 0 Å². The van der Waals surface area contributed by atoms with E-state index in [4.69, 9.17) is 5.73 Å². The van der Waals surface area contributed by atoms with E-state index in [2.05, 4.69) is 21.2 Å². The van der Waals surface area contributed by atoms with Gasteiger partial charge in [-0.25, -0.2) is 0 Å². The lowest BCUT2D eigenvalue weighted by Crippen LogP contribution is -2.12. The Morgan fingerprint density at radius 2 is 1.77 bits per heavy atom. The monoisotopic (exact) mass is 354 g/mol. The van der Waals surface area contributed by atoms with Crippen LogP contribution >= 0.6 is 15.9 Å². The Kier molecular flexibility index (Phi) is 3.86. The molecule has 1 amide bonds. The summed E-state index contributed by atoms with van der Waals surface area (Å²) in [6.45, 7) is 1.93. The maximum absolute atomic E-state index is 12.6. The lowest BCUT2D eigenvalue weighted by atomic mass is 10.0. The zero-order valence-electron chi connectivity index (χ0n) is 12.1. The number of rotatable bonds is 2. The molecule has 0 unspecified atom stereocenters. The molecule has 3 nitrogen and oxygen atoms in total. The topological polar surface area (TPSA) is 55.1 Å². The largest absolute Gasteiger partial charge is 0.398 e. The predicted molar refractivity (Wildman–Crippen MR) is 95.2 cm³/mol. The minimum atomic E-state index is -0.146. The molecule has 0 saturated carbocycles. The van der Waals surface area contributed by atoms with Crippen LogP contribution < -0.4 is 11.1 Å². The van der Waals surface area contributed by atoms with Crippen molar-refractivity contribution < 1.29 is 4.79 Å². The number of nitrogens with one attached hydrogen (secondary N) is 1. The molecule has 0 aliphatic carbocycles. The van der Waals surface area contributed by atoms with E-state index >= 15 is 0 Å². The third-order valence-corrected chi connectivity index (χ3v) is 4.34. The summed E-state index contributed by atoms with van der Waals surface area (Å²) < 4.78 is 0.972. The van der Waals surface area contributed by atoms with Crippen molar-refractivity contribution >= 4 is 44.0 Å². The van der Waals surface area contributed by atoms with Gasteiger partial charge >= 0.3 is 0 Å². The summed E-state index contributed by atoms with van der Waals surface area (Å²) in [4.78, 5) is 12.6. The SMILES string of the molecule is Cc1ccc(NC(=O)c2cccc3c(Br)cccc23)cc1N. The molecular weight excluding hydrogens is 340 g/mol. The highest BCUT2D eigenvalue weighted by Gasteiger charge is 2.11. The van der Waals surface area contributed by atoms with Crippen LogP contribution in [0.15, 0.2) is 59.1 Å². The van der Waals surface area contributed by atoms with E-state index in [1.165, 1.54) is 0 Å². The minimum Gasteiger partial charge on any atom is -0.398 e. The van der Waals surface area contributed by atoms with Crippen molar-refractivity contribution in [1.29, 1.82) is 0 Å². The molecule has 0 atom stereocenters. The molecule has 0 aliphatic rings. The van der Waals surface area contributed by atoms with E-state index in [0.717, 1.165) is 20.8 Å². The fourth-order valence-electron chi connectivity index (χ4n) is 2.39. The Morgan fingerprint density at radius 1 is 1.05 bits per heavy atom. The maximum Gasteiger partial charge on any atom is 0.256 e. The van der Waals surface area contributed by atoms with Crippen LogP contribution in [0.1, 0.15) is 15.9 Å². The van der Waals surface area contributed by atoms with Gasteiger partial charge in [-0.15, -0.1) is 0 Å². The molecule has 0 aromatic heterocycles. The molecule has 3 rings (SSSR count). The molecule has 0 bridgehead atoms. The van der Waals surface area contributed by atoms with E-state index in [1.807, 2.05) is 55.5 Å². The van der Waals surface area contributed by atoms with Gasteiger partial charge in [0.15, 0.2) is 0 Å². The third-order valence-electron chi connectivity index (χ3n) is 3.65. The first-order chi connectivity index (χ1) is 10.6. The van der Waals surface area contributed by atoms with Crippen molar-refractivity contribution in [2.24, 2.45) is 0 Å². The summed E-state index contributed by atoms with van der Waals surface area (Å²) in [5.74, 6) is -0.146. The molecule has 0 saturated heterocycles. The summed E-state index contributed by atoms with van der Waals surface area (Å²) in [5, 5.41) is 4.83. The van der Waals surface area contributed by atoms with Crippen LogP contribution in [-0.2, 0) is 0 Å². The van der Waals surface area contributed by atoms with E-state index in [-0.39, 0.29) is 5.91 Å². The van der Waals surface area contributed by atoms with Gasteiger partial charge in [-0.3, -0.25) is 4.79 Å². The van der Waals surface area contributed by atoms with Crippen LogP contribution in [0.5, 0.6) is 0 Å². The fourth-order valence-corrected chi connectivity index (χ4v) is 2.88. The Morgan fingerprint density at radius 3 is 2.55 bits per heavy atom. The number of anilines is 2. The first kappa shape index (κ1) is 14.6. The number of halogens is 1. The minimum absolute atomic E-state index is 0.146. The van der Waals surface area contributed by atoms with E-state index in [1.54, 1.807) is 6.07 Å². The number of aryl methyl sites for hydroxylation is 1. The number of hydrogen-bond donors (Lipinski definition) is 2. The van der Waals surface area contributed by atoms with Crippen LogP contribution in [0, 0.1) is 6.92 Å². The van der Waals surface area contributed by atoms with Crippen LogP contribution in [0.3, 0.4) is 0 Å². The number of carbonyl (C=O) groups is 1. The van der Waals surface area contributed by atoms with Gasteiger partial charge in [0, 0.05) is 21.4 Å². The van der Waals surface area contributed by atoms with Gasteiger partial charge < -0.3 is 11.1 Å². The van der Waals surface area contributed by atoms with Gasteiger partial charge in [0.2, 0.25) is 0 Å². The van der Waals surface area contributed by atoms with Gasteiger partial charge in [0.1, 0.15) is 0 Å². The van der Waals surface area contributed by atoms with Gasteiger partial charge in [-0.05, 0) is 47.5 Å². The highest BCUT2D eigenvalue weighted by atomic mass is 79.9. The summed E-state index contributed by atoms with van der Waals surface area (Å²) in [5.41, 5.74) is 8.88. The van der Waals surface area contributed by atoms with Crippen molar-refractivity contribution in [2.75, 3.05) is 11.1 Å². The number of carbonyl (C=O) groups excluding carboxylic acids is 1. The normalized spacial score (nSPS) is 10.6. The lowest BCUT2D eigenvalue weighted by molar-refractivity contribution is 0.102. The van der Waals surface area contributed by atoms with Crippen molar-refractivity contribution in [2.45, 2.75) is 6.92 Å². The zero-order valence-corrected chi connectivity index (χ0v) is 13.6. The van der Waals surface area contributed by atoms with Crippen LogP contribution in [0.4, 0.5) is 11.4 Å². The van der Waals surface area contributed by atoms with Crippen LogP contribution in [0.2, 0.25) is 0 Å². The summed E-state index contributed by atoms with van der Waals surface area (Å²) in [6.07, 6.45) is 0. The van der Waals surface area contributed by atoms with Crippen molar-refractivity contribution in [1.82, 2.24) is 0 Å². The number of nitrogens with two attached hydrogens (primary N) is 1. The van der Waals surface area contributed by atoms with Crippen molar-refractivity contribution in [3.8, 4) is 0 Å². The third kappa shape index (κ3) is 2.70. The molecule has 110 valence electrons. The second kappa shape index (κ2) is 5.81. The quantitative estimate of drug-likeness (QED) is 0.652. The number of nitrogen functional groups attached to an aromatic ring is 1. The van der Waals surface area contributed by atoms with Crippen LogP contribution in [-0.4, -0.2) is 5.91 Å². The Labute approximate surface area is 137 Å². The Bertz CT molecular complexity index is 874. The summed E-state index contributed by atoms with van der Waals surface area (Å²) >= 11 is 3.52. The number of benzene rings is 3. The standard InChI is InChI=1S/C18H15BrN2O/c1-11-8-9-12(10-17(11)20)21-18(22)15-6-2-5-14-13(15)4-3-7-16(14)19/h2-10H,20H2,1H3,(H,21,22). The van der Waals surface area contributed by atoms with E-state index in [0.29, 0.717) is 16.9 Å². The molecule has 22 heavy (non-hydrogen) atoms. The molecule has 3 aromatic carbocycles. The Hall–Kier alpha value is -2.33. The summed E-state index contributed by atoms with van der Waals surface area (Å²) in [7, 11) is 0. The second-order valence-electron chi connectivity index (χ2n) is 5.17. The molecule has 4 heteroatoms. The van der Waals surface area contributed by atoms with Crippen LogP contribution in [0.25, 0.3) is 10.8 Å². The van der Waals surface area contributed by atoms with Gasteiger partial charge in [0.25, 0.3) is 5.91 Å². The van der Waals surface area contributed by atoms with Crippen molar-refractivity contribution in [3.05, 3.63) is 70.2 Å². The molecule has 0 fully saturated rings. The molecule has 0 heterocycles. The first-order valence-corrected chi connectivity index (χ1v) is 7.70. The lowest BCUT2D eigenvalue weighted by Gasteiger charge is -2.10. The van der Waals surface area contributed by atoms with Crippen molar-refractivity contribution in [3.63, 3.8) is 0 Å². The Balaban J connectivity index is 1.99. The first-order valence-electron chi connectivity index (χ1n) is 6.91. The number of fused-ring (bicyclic) bond motifs is 1. The molecular formula is C18H15BrN2O. The fraction of sp³-hybridized carbons (Fsp3) is 0.0556. The number of hydrogen-bond acceptors (Lipinski definition) is 2. The average molecular weight is 355 g/mol. The molecule has 3 aromatic rings. The number of amides is 1. The van der Waals surface area contributed by atoms with E-state index in [9.17, 15) is 4.79 Å². The van der Waals surface area contributed by atoms with E-state index < -0.39 is 0 Å². The highest BCUT2D eigenvalue weighted by molar-refractivity contribution is 9.10. The maximum atomic E-state index is 12.6. The van der Waals surface area contributed by atoms with Gasteiger partial charge in [-0.2, -0.15) is 0 Å². The molecule has 3 N–H and O–H groups in total. The van der Waals surface area contributed by atoms with Gasteiger partial charge in [-0.1, -0.05) is 46.3 Å². The zero-order chi connectivity index (χ0) is 15.7. The predicted octanol–water partition coefficient (Wildman–Crippen LogP) is 4.75. The molecule has 0 radical (unpaired) electrons. The average Bonchev–Trinajstić information content (AvgIpc) is 2.51. The summed E-state index contributed by atoms with van der Waals surface area (Å²) in [6, 6.07) is 17.0. The second-order valence-corrected chi connectivity index (χ2v) is 6.02. The highest BCUT2D eigenvalue weighted by Crippen LogP contribution is 2.27. The smallest absolute Gasteiger partial charge is 0.256 e.